The van der Waals surface area contributed by atoms with Crippen LogP contribution in [0.4, 0.5) is 24.5 Å². The fourth-order valence-corrected chi connectivity index (χ4v) is 3.11. The molecule has 3 heterocycles. The van der Waals surface area contributed by atoms with Crippen LogP contribution in [0.25, 0.3) is 11.1 Å². The van der Waals surface area contributed by atoms with Gasteiger partial charge in [0.15, 0.2) is 0 Å². The molecule has 2 amide bonds. The number of carbonyl (C=O) groups excluding carboxylic acids is 2. The molecule has 0 saturated carbocycles. The molecule has 2 saturated heterocycles. The number of halogens is 3. The first-order valence-corrected chi connectivity index (χ1v) is 8.12. The Morgan fingerprint density at radius 2 is 1.50 bits per heavy atom. The number of hydrogen-bond donors (Lipinski definition) is 0. The molecule has 0 radical (unpaired) electrons. The highest BCUT2D eigenvalue weighted by atomic mass is 19.4. The van der Waals surface area contributed by atoms with E-state index in [1.807, 2.05) is 0 Å². The first-order chi connectivity index (χ1) is 12.3. The smallest absolute Gasteiger partial charge is 0.312 e. The van der Waals surface area contributed by atoms with E-state index in [1.54, 1.807) is 6.07 Å². The zero-order valence-electron chi connectivity index (χ0n) is 13.6. The minimum Gasteiger partial charge on any atom is -0.312 e. The van der Waals surface area contributed by atoms with Crippen molar-refractivity contribution in [2.24, 2.45) is 0 Å². The Balaban J connectivity index is 1.86. The zero-order valence-corrected chi connectivity index (χ0v) is 13.6. The van der Waals surface area contributed by atoms with Crippen LogP contribution in [0.1, 0.15) is 18.4 Å². The monoisotopic (exact) mass is 361 g/mol. The van der Waals surface area contributed by atoms with Crippen molar-refractivity contribution < 1.29 is 22.8 Å². The molecule has 1 aromatic carbocycles. The summed E-state index contributed by atoms with van der Waals surface area (Å²) < 4.78 is 40.1. The molecule has 0 unspecified atom stereocenters. The molecular formula is C18H14F3N3O2. The second kappa shape index (κ2) is 5.82. The quantitative estimate of drug-likeness (QED) is 0.789. The average molecular weight is 361 g/mol. The third-order valence-corrected chi connectivity index (χ3v) is 4.66. The topological polar surface area (TPSA) is 53.5 Å². The standard InChI is InChI=1S/C18H14F3N3O2/c19-18(20,21)15-1-4-22-10-14(15)11-7-12(23-5-2-16(23)25)9-13(8-11)24-6-3-17(24)26/h1,4,7-10H,2-3,5-6H2. The highest BCUT2D eigenvalue weighted by Gasteiger charge is 2.35. The molecular weight excluding hydrogens is 347 g/mol. The lowest BCUT2D eigenvalue weighted by molar-refractivity contribution is -0.137. The van der Waals surface area contributed by atoms with E-state index in [0.717, 1.165) is 18.5 Å². The van der Waals surface area contributed by atoms with E-state index in [1.165, 1.54) is 21.9 Å². The van der Waals surface area contributed by atoms with Crippen LogP contribution in [0.15, 0.2) is 36.7 Å². The SMILES string of the molecule is O=C1CCN1c1cc(-c2cnccc2C(F)(F)F)cc(N2CCC2=O)c1. The molecule has 26 heavy (non-hydrogen) atoms. The maximum atomic E-state index is 13.4. The van der Waals surface area contributed by atoms with E-state index in [0.29, 0.717) is 37.3 Å². The Labute approximate surface area is 147 Å². The van der Waals surface area contributed by atoms with Gasteiger partial charge in [0, 0.05) is 55.3 Å². The molecule has 1 aromatic heterocycles. The number of carbonyl (C=O) groups is 2. The molecule has 5 nitrogen and oxygen atoms in total. The highest BCUT2D eigenvalue weighted by Crippen LogP contribution is 2.40. The summed E-state index contributed by atoms with van der Waals surface area (Å²) in [4.78, 5) is 30.4. The van der Waals surface area contributed by atoms with Gasteiger partial charge in [-0.1, -0.05) is 0 Å². The van der Waals surface area contributed by atoms with Gasteiger partial charge in [-0.15, -0.1) is 0 Å². The van der Waals surface area contributed by atoms with Crippen LogP contribution in [-0.4, -0.2) is 29.9 Å². The fraction of sp³-hybridized carbons (Fsp3) is 0.278. The van der Waals surface area contributed by atoms with Gasteiger partial charge in [0.05, 0.1) is 5.56 Å². The minimum absolute atomic E-state index is 0.0796. The number of β-lactam (4-membered cyclic amide) rings is 2. The second-order valence-corrected chi connectivity index (χ2v) is 6.25. The Kier molecular flexibility index (Phi) is 3.71. The summed E-state index contributed by atoms with van der Waals surface area (Å²) in [7, 11) is 0. The summed E-state index contributed by atoms with van der Waals surface area (Å²) in [6.07, 6.45) is -1.48. The van der Waals surface area contributed by atoms with Crippen LogP contribution in [0.5, 0.6) is 0 Å². The van der Waals surface area contributed by atoms with Gasteiger partial charge in [0.2, 0.25) is 11.8 Å². The summed E-state index contributed by atoms with van der Waals surface area (Å²) in [5.41, 5.74) is 0.373. The predicted molar refractivity (Wildman–Crippen MR) is 88.6 cm³/mol. The number of amides is 2. The number of benzene rings is 1. The van der Waals surface area contributed by atoms with Gasteiger partial charge in [0.25, 0.3) is 0 Å². The molecule has 0 N–H and O–H groups in total. The first kappa shape index (κ1) is 16.6. The van der Waals surface area contributed by atoms with Crippen molar-refractivity contribution in [3.05, 3.63) is 42.2 Å². The number of aromatic nitrogens is 1. The van der Waals surface area contributed by atoms with Crippen LogP contribution in [0.3, 0.4) is 0 Å². The van der Waals surface area contributed by atoms with Crippen LogP contribution in [0, 0.1) is 0 Å². The molecule has 4 rings (SSSR count). The lowest BCUT2D eigenvalue weighted by Gasteiger charge is -2.35. The van der Waals surface area contributed by atoms with E-state index in [-0.39, 0.29) is 22.9 Å². The Morgan fingerprint density at radius 3 is 1.92 bits per heavy atom. The summed E-state index contributed by atoms with van der Waals surface area (Å²) in [5, 5.41) is 0. The van der Waals surface area contributed by atoms with Crippen molar-refractivity contribution in [3.63, 3.8) is 0 Å². The van der Waals surface area contributed by atoms with Crippen molar-refractivity contribution in [2.75, 3.05) is 22.9 Å². The largest absolute Gasteiger partial charge is 0.417 e. The molecule has 8 heteroatoms. The van der Waals surface area contributed by atoms with Crippen molar-refractivity contribution in [3.8, 4) is 11.1 Å². The lowest BCUT2D eigenvalue weighted by atomic mass is 9.98. The summed E-state index contributed by atoms with van der Waals surface area (Å²) in [6.45, 7) is 1.02. The van der Waals surface area contributed by atoms with Gasteiger partial charge < -0.3 is 9.80 Å². The molecule has 0 atom stereocenters. The number of anilines is 2. The van der Waals surface area contributed by atoms with E-state index >= 15 is 0 Å². The molecule has 0 spiro atoms. The van der Waals surface area contributed by atoms with Crippen LogP contribution in [0.2, 0.25) is 0 Å². The zero-order chi connectivity index (χ0) is 18.5. The highest BCUT2D eigenvalue weighted by molar-refractivity contribution is 6.03. The summed E-state index contributed by atoms with van der Waals surface area (Å²) in [5.74, 6) is -0.185. The third kappa shape index (κ3) is 2.71. The fourth-order valence-electron chi connectivity index (χ4n) is 3.11. The maximum absolute atomic E-state index is 13.4. The van der Waals surface area contributed by atoms with Gasteiger partial charge in [-0.3, -0.25) is 14.6 Å². The van der Waals surface area contributed by atoms with E-state index in [2.05, 4.69) is 4.98 Å². The normalized spacial score (nSPS) is 17.2. The molecule has 2 aliphatic heterocycles. The molecule has 2 aromatic rings. The number of rotatable bonds is 3. The van der Waals surface area contributed by atoms with Gasteiger partial charge in [-0.2, -0.15) is 13.2 Å². The number of hydrogen-bond acceptors (Lipinski definition) is 3. The van der Waals surface area contributed by atoms with Crippen molar-refractivity contribution in [1.29, 1.82) is 0 Å². The van der Waals surface area contributed by atoms with Gasteiger partial charge in [-0.05, 0) is 29.8 Å². The number of alkyl halides is 3. The summed E-state index contributed by atoms with van der Waals surface area (Å²) >= 11 is 0. The van der Waals surface area contributed by atoms with Crippen molar-refractivity contribution in [1.82, 2.24) is 4.98 Å². The molecule has 134 valence electrons. The molecule has 0 bridgehead atoms. The molecule has 2 fully saturated rings. The Hall–Kier alpha value is -2.90. The first-order valence-electron chi connectivity index (χ1n) is 8.12. The number of pyridine rings is 1. The lowest BCUT2D eigenvalue weighted by Crippen LogP contribution is -2.45. The van der Waals surface area contributed by atoms with Gasteiger partial charge in [0.1, 0.15) is 0 Å². The maximum Gasteiger partial charge on any atom is 0.417 e. The Morgan fingerprint density at radius 1 is 0.923 bits per heavy atom. The third-order valence-electron chi connectivity index (χ3n) is 4.66. The Bertz CT molecular complexity index is 869. The van der Waals surface area contributed by atoms with Crippen LogP contribution in [-0.2, 0) is 15.8 Å². The van der Waals surface area contributed by atoms with Crippen molar-refractivity contribution >= 4 is 23.2 Å². The van der Waals surface area contributed by atoms with Crippen LogP contribution < -0.4 is 9.80 Å². The van der Waals surface area contributed by atoms with E-state index < -0.39 is 11.7 Å². The van der Waals surface area contributed by atoms with E-state index in [9.17, 15) is 22.8 Å². The second-order valence-electron chi connectivity index (χ2n) is 6.25. The molecule has 0 aliphatic carbocycles. The molecule has 2 aliphatic rings. The van der Waals surface area contributed by atoms with Gasteiger partial charge >= 0.3 is 6.18 Å². The van der Waals surface area contributed by atoms with Gasteiger partial charge in [-0.25, -0.2) is 0 Å². The predicted octanol–water partition coefficient (Wildman–Crippen LogP) is 3.24. The number of nitrogens with zero attached hydrogens (tertiary/aromatic N) is 3. The van der Waals surface area contributed by atoms with E-state index in [4.69, 9.17) is 0 Å². The van der Waals surface area contributed by atoms with Crippen molar-refractivity contribution in [2.45, 2.75) is 19.0 Å². The average Bonchev–Trinajstić information content (AvgIpc) is 2.58. The van der Waals surface area contributed by atoms with Crippen LogP contribution >= 0.6 is 0 Å². The summed E-state index contributed by atoms with van der Waals surface area (Å²) in [6, 6.07) is 5.67. The minimum atomic E-state index is -4.53.